The minimum atomic E-state index is -0.631. The first-order valence-corrected chi connectivity index (χ1v) is 8.61. The largest absolute Gasteiger partial charge is 0.481 e. The van der Waals surface area contributed by atoms with Gasteiger partial charge < -0.3 is 10.4 Å². The van der Waals surface area contributed by atoms with Crippen LogP contribution in [0.3, 0.4) is 0 Å². The maximum atomic E-state index is 11.0. The summed E-state index contributed by atoms with van der Waals surface area (Å²) in [5.41, 5.74) is 1.33. The van der Waals surface area contributed by atoms with Gasteiger partial charge in [0.2, 0.25) is 0 Å². The molecule has 4 heteroatoms. The Hall–Kier alpha value is -0.870. The van der Waals surface area contributed by atoms with E-state index in [0.717, 1.165) is 38.5 Å². The third kappa shape index (κ3) is 4.82. The van der Waals surface area contributed by atoms with E-state index in [9.17, 15) is 4.79 Å². The first-order chi connectivity index (χ1) is 10.1. The number of aliphatic carboxylic acids is 1. The molecule has 0 aliphatic heterocycles. The molecule has 1 aromatic carbocycles. The molecule has 0 amide bonds. The topological polar surface area (TPSA) is 49.3 Å². The predicted octanol–water partition coefficient (Wildman–Crippen LogP) is 4.00. The summed E-state index contributed by atoms with van der Waals surface area (Å²) >= 11 is 3.61. The van der Waals surface area contributed by atoms with Crippen molar-refractivity contribution in [3.63, 3.8) is 0 Å². The van der Waals surface area contributed by atoms with Crippen LogP contribution in [0.1, 0.15) is 44.6 Å². The normalized spacial score (nSPS) is 23.7. The van der Waals surface area contributed by atoms with E-state index in [1.165, 1.54) is 10.0 Å². The van der Waals surface area contributed by atoms with Crippen LogP contribution in [0.5, 0.6) is 0 Å². The molecule has 0 bridgehead atoms. The second kappa shape index (κ2) is 7.95. The number of hydrogen-bond donors (Lipinski definition) is 2. The van der Waals surface area contributed by atoms with Crippen molar-refractivity contribution < 1.29 is 9.90 Å². The number of rotatable bonds is 6. The number of nitrogens with one attached hydrogen (secondary N) is 1. The molecule has 0 aromatic heterocycles. The summed E-state index contributed by atoms with van der Waals surface area (Å²) in [5, 5.41) is 12.8. The van der Waals surface area contributed by atoms with E-state index >= 15 is 0 Å². The van der Waals surface area contributed by atoms with Gasteiger partial charge in [-0.05, 0) is 50.2 Å². The van der Waals surface area contributed by atoms with Crippen LogP contribution < -0.4 is 5.32 Å². The highest BCUT2D eigenvalue weighted by Gasteiger charge is 2.26. The second-order valence-electron chi connectivity index (χ2n) is 5.95. The average Bonchev–Trinajstić information content (AvgIpc) is 2.49. The Morgan fingerprint density at radius 3 is 2.57 bits per heavy atom. The number of benzene rings is 1. The van der Waals surface area contributed by atoms with Crippen molar-refractivity contribution in [2.45, 2.75) is 57.5 Å². The van der Waals surface area contributed by atoms with E-state index < -0.39 is 5.97 Å². The van der Waals surface area contributed by atoms with Gasteiger partial charge in [0.1, 0.15) is 0 Å². The van der Waals surface area contributed by atoms with Crippen LogP contribution >= 0.6 is 15.9 Å². The lowest BCUT2D eigenvalue weighted by molar-refractivity contribution is -0.142. The van der Waals surface area contributed by atoms with Crippen LogP contribution in [-0.2, 0) is 11.2 Å². The van der Waals surface area contributed by atoms with Crippen molar-refractivity contribution in [3.05, 3.63) is 34.3 Å². The number of hydrogen-bond acceptors (Lipinski definition) is 2. The zero-order valence-electron chi connectivity index (χ0n) is 12.5. The van der Waals surface area contributed by atoms with Gasteiger partial charge >= 0.3 is 5.97 Å². The first kappa shape index (κ1) is 16.5. The van der Waals surface area contributed by atoms with Crippen molar-refractivity contribution >= 4 is 21.9 Å². The van der Waals surface area contributed by atoms with Crippen molar-refractivity contribution in [1.82, 2.24) is 5.32 Å². The molecule has 3 nitrogen and oxygen atoms in total. The summed E-state index contributed by atoms with van der Waals surface area (Å²) in [4.78, 5) is 11.0. The van der Waals surface area contributed by atoms with Crippen LogP contribution in [0.25, 0.3) is 0 Å². The van der Waals surface area contributed by atoms with E-state index in [4.69, 9.17) is 5.11 Å². The average molecular weight is 354 g/mol. The maximum absolute atomic E-state index is 11.0. The van der Waals surface area contributed by atoms with E-state index in [2.05, 4.69) is 46.4 Å². The molecule has 0 radical (unpaired) electrons. The highest BCUT2D eigenvalue weighted by molar-refractivity contribution is 9.10. The van der Waals surface area contributed by atoms with Gasteiger partial charge in [0.25, 0.3) is 0 Å². The summed E-state index contributed by atoms with van der Waals surface area (Å²) < 4.78 is 1.17. The lowest BCUT2D eigenvalue weighted by atomic mass is 9.85. The van der Waals surface area contributed by atoms with Crippen LogP contribution in [0.4, 0.5) is 0 Å². The Morgan fingerprint density at radius 1 is 1.33 bits per heavy atom. The van der Waals surface area contributed by atoms with Crippen molar-refractivity contribution in [1.29, 1.82) is 0 Å². The van der Waals surface area contributed by atoms with E-state index in [0.29, 0.717) is 12.1 Å². The number of carbonyl (C=O) groups is 1. The minimum Gasteiger partial charge on any atom is -0.481 e. The van der Waals surface area contributed by atoms with Gasteiger partial charge in [-0.15, -0.1) is 0 Å². The van der Waals surface area contributed by atoms with E-state index in [1.54, 1.807) is 0 Å². The molecule has 116 valence electrons. The van der Waals surface area contributed by atoms with Crippen LogP contribution in [0.15, 0.2) is 28.7 Å². The van der Waals surface area contributed by atoms with Gasteiger partial charge in [-0.1, -0.05) is 41.1 Å². The summed E-state index contributed by atoms with van der Waals surface area (Å²) in [6, 6.07) is 9.28. The van der Waals surface area contributed by atoms with Gasteiger partial charge in [-0.3, -0.25) is 4.79 Å². The fraction of sp³-hybridized carbons (Fsp3) is 0.588. The standard InChI is InChI=1S/C17H24BrNO2/c1-2-14(11-13-5-3-4-6-16(13)18)19-15-9-7-12(8-10-15)17(20)21/h3-6,12,14-15,19H,2,7-11H2,1H3,(H,20,21). The Bertz CT molecular complexity index is 470. The monoisotopic (exact) mass is 353 g/mol. The SMILES string of the molecule is CCC(Cc1ccccc1Br)NC1CCC(C(=O)O)CC1. The third-order valence-corrected chi connectivity index (χ3v) is 5.24. The van der Waals surface area contributed by atoms with Crippen molar-refractivity contribution in [2.75, 3.05) is 0 Å². The molecule has 1 aliphatic rings. The number of halogens is 1. The minimum absolute atomic E-state index is 0.133. The zero-order valence-corrected chi connectivity index (χ0v) is 14.1. The molecule has 1 unspecified atom stereocenters. The lowest BCUT2D eigenvalue weighted by Crippen LogP contribution is -2.42. The van der Waals surface area contributed by atoms with Crippen molar-refractivity contribution in [2.24, 2.45) is 5.92 Å². The van der Waals surface area contributed by atoms with Crippen LogP contribution in [0.2, 0.25) is 0 Å². The molecule has 0 spiro atoms. The Balaban J connectivity index is 1.86. The highest BCUT2D eigenvalue weighted by atomic mass is 79.9. The van der Waals surface area contributed by atoms with Crippen molar-refractivity contribution in [3.8, 4) is 0 Å². The fourth-order valence-corrected chi connectivity index (χ4v) is 3.54. The van der Waals surface area contributed by atoms with Crippen LogP contribution in [-0.4, -0.2) is 23.2 Å². The third-order valence-electron chi connectivity index (χ3n) is 4.46. The Morgan fingerprint density at radius 2 is 2.00 bits per heavy atom. The van der Waals surface area contributed by atoms with Gasteiger partial charge in [-0.25, -0.2) is 0 Å². The molecule has 0 heterocycles. The number of carboxylic acids is 1. The highest BCUT2D eigenvalue weighted by Crippen LogP contribution is 2.25. The summed E-state index contributed by atoms with van der Waals surface area (Å²) in [5.74, 6) is -0.764. The lowest BCUT2D eigenvalue weighted by Gasteiger charge is -2.30. The molecule has 2 rings (SSSR count). The Labute approximate surface area is 135 Å². The van der Waals surface area contributed by atoms with Gasteiger partial charge in [0.15, 0.2) is 0 Å². The molecule has 1 fully saturated rings. The van der Waals surface area contributed by atoms with Gasteiger partial charge in [0, 0.05) is 16.6 Å². The summed E-state index contributed by atoms with van der Waals surface area (Å²) in [6.07, 6.45) is 5.65. The fourth-order valence-electron chi connectivity index (χ4n) is 3.09. The molecule has 1 aliphatic carbocycles. The molecule has 2 N–H and O–H groups in total. The molecule has 21 heavy (non-hydrogen) atoms. The summed E-state index contributed by atoms with van der Waals surface area (Å²) in [6.45, 7) is 2.21. The van der Waals surface area contributed by atoms with E-state index in [1.807, 2.05) is 6.07 Å². The molecule has 1 atom stereocenters. The smallest absolute Gasteiger partial charge is 0.306 e. The van der Waals surface area contributed by atoms with Crippen LogP contribution in [0, 0.1) is 5.92 Å². The second-order valence-corrected chi connectivity index (χ2v) is 6.81. The maximum Gasteiger partial charge on any atom is 0.306 e. The molecule has 1 aromatic rings. The quantitative estimate of drug-likeness (QED) is 0.812. The molecular weight excluding hydrogens is 330 g/mol. The zero-order chi connectivity index (χ0) is 15.2. The number of carboxylic acid groups (broad SMARTS) is 1. The van der Waals surface area contributed by atoms with Gasteiger partial charge in [-0.2, -0.15) is 0 Å². The Kier molecular flexibility index (Phi) is 6.24. The molecular formula is C17H24BrNO2. The van der Waals surface area contributed by atoms with Gasteiger partial charge in [0.05, 0.1) is 5.92 Å². The predicted molar refractivity (Wildman–Crippen MR) is 88.4 cm³/mol. The molecule has 0 saturated heterocycles. The van der Waals surface area contributed by atoms with E-state index in [-0.39, 0.29) is 5.92 Å². The first-order valence-electron chi connectivity index (χ1n) is 7.82. The summed E-state index contributed by atoms with van der Waals surface area (Å²) in [7, 11) is 0. The molecule has 1 saturated carbocycles.